The average Bonchev–Trinajstić information content (AvgIpc) is 2.47. The Kier molecular flexibility index (Phi) is 4.29. The Hall–Kier alpha value is -1.30. The quantitative estimate of drug-likeness (QED) is 0.769. The summed E-state index contributed by atoms with van der Waals surface area (Å²) in [6.45, 7) is 6.20. The summed E-state index contributed by atoms with van der Waals surface area (Å²) in [5.41, 5.74) is -0.625. The molecule has 0 unspecified atom stereocenters. The predicted octanol–water partition coefficient (Wildman–Crippen LogP) is 0.588. The second-order valence-corrected chi connectivity index (χ2v) is 5.45. The van der Waals surface area contributed by atoms with E-state index in [9.17, 15) is 14.7 Å². The van der Waals surface area contributed by atoms with Gasteiger partial charge in [-0.1, -0.05) is 6.92 Å². The number of carbonyl (C=O) groups is 2. The van der Waals surface area contributed by atoms with Crippen LogP contribution in [0.25, 0.3) is 0 Å². The first-order valence-corrected chi connectivity index (χ1v) is 7.07. The van der Waals surface area contributed by atoms with E-state index >= 15 is 0 Å². The van der Waals surface area contributed by atoms with Crippen molar-refractivity contribution in [3.05, 3.63) is 0 Å². The van der Waals surface area contributed by atoms with E-state index in [1.165, 1.54) is 0 Å². The van der Waals surface area contributed by atoms with Crippen LogP contribution in [-0.4, -0.2) is 66.2 Å². The van der Waals surface area contributed by atoms with E-state index in [4.69, 9.17) is 0 Å². The average molecular weight is 269 g/mol. The van der Waals surface area contributed by atoms with E-state index in [-0.39, 0.29) is 6.03 Å². The molecule has 2 aliphatic heterocycles. The Morgan fingerprint density at radius 1 is 1.11 bits per heavy atom. The van der Waals surface area contributed by atoms with Gasteiger partial charge >= 0.3 is 12.0 Å². The molecule has 0 aromatic carbocycles. The summed E-state index contributed by atoms with van der Waals surface area (Å²) in [4.78, 5) is 27.3. The van der Waals surface area contributed by atoms with Crippen LogP contribution in [0.4, 0.5) is 4.79 Å². The van der Waals surface area contributed by atoms with Crippen LogP contribution < -0.4 is 5.32 Å². The highest BCUT2D eigenvalue weighted by atomic mass is 16.4. The zero-order chi connectivity index (χ0) is 13.9. The molecule has 0 bridgehead atoms. The van der Waals surface area contributed by atoms with Gasteiger partial charge in [-0.25, -0.2) is 4.79 Å². The minimum atomic E-state index is -0.718. The molecular formula is C13H23N3O3. The third-order valence-corrected chi connectivity index (χ3v) is 4.51. The maximum atomic E-state index is 12.3. The van der Waals surface area contributed by atoms with Crippen molar-refractivity contribution >= 4 is 12.0 Å². The molecule has 6 nitrogen and oxygen atoms in total. The van der Waals surface area contributed by atoms with Gasteiger partial charge in [-0.3, -0.25) is 4.79 Å². The SMILES string of the molecule is CCC1(C(=O)O)CCN(C(=O)N2CCNCC2)CC1. The smallest absolute Gasteiger partial charge is 0.320 e. The normalized spacial score (nSPS) is 23.2. The molecule has 108 valence electrons. The van der Waals surface area contributed by atoms with Crippen LogP contribution in [0.1, 0.15) is 26.2 Å². The molecule has 6 heteroatoms. The zero-order valence-corrected chi connectivity index (χ0v) is 11.5. The number of urea groups is 1. The van der Waals surface area contributed by atoms with Crippen LogP contribution in [-0.2, 0) is 4.79 Å². The summed E-state index contributed by atoms with van der Waals surface area (Å²) in [6.07, 6.45) is 1.77. The van der Waals surface area contributed by atoms with Crippen LogP contribution >= 0.6 is 0 Å². The van der Waals surface area contributed by atoms with Gasteiger partial charge in [0.15, 0.2) is 0 Å². The van der Waals surface area contributed by atoms with Crippen LogP contribution in [0.5, 0.6) is 0 Å². The standard InChI is InChI=1S/C13H23N3O3/c1-2-13(11(17)18)3-7-15(8-4-13)12(19)16-9-5-14-6-10-16/h14H,2-10H2,1H3,(H,17,18). The number of amides is 2. The molecule has 0 aromatic heterocycles. The van der Waals surface area contributed by atoms with E-state index in [2.05, 4.69) is 5.32 Å². The molecule has 0 aromatic rings. The number of likely N-dealkylation sites (tertiary alicyclic amines) is 1. The number of nitrogens with one attached hydrogen (secondary N) is 1. The summed E-state index contributed by atoms with van der Waals surface area (Å²) >= 11 is 0. The third kappa shape index (κ3) is 2.83. The van der Waals surface area contributed by atoms with Gasteiger partial charge in [-0.15, -0.1) is 0 Å². The van der Waals surface area contributed by atoms with Crippen LogP contribution in [0.3, 0.4) is 0 Å². The molecule has 0 saturated carbocycles. The molecule has 2 heterocycles. The molecule has 0 radical (unpaired) electrons. The van der Waals surface area contributed by atoms with Crippen LogP contribution in [0.15, 0.2) is 0 Å². The van der Waals surface area contributed by atoms with E-state index in [0.717, 1.165) is 26.2 Å². The first-order valence-electron chi connectivity index (χ1n) is 7.07. The number of piperidine rings is 1. The summed E-state index contributed by atoms with van der Waals surface area (Å²) in [6, 6.07) is 0.0663. The van der Waals surface area contributed by atoms with Gasteiger partial charge in [-0.05, 0) is 19.3 Å². The molecule has 2 amide bonds. The van der Waals surface area contributed by atoms with Gasteiger partial charge in [0.1, 0.15) is 0 Å². The maximum Gasteiger partial charge on any atom is 0.320 e. The summed E-state index contributed by atoms with van der Waals surface area (Å²) in [5, 5.41) is 12.6. The highest BCUT2D eigenvalue weighted by Crippen LogP contribution is 2.35. The minimum absolute atomic E-state index is 0.0663. The molecule has 0 atom stereocenters. The third-order valence-electron chi connectivity index (χ3n) is 4.51. The van der Waals surface area contributed by atoms with Gasteiger partial charge < -0.3 is 20.2 Å². The fraction of sp³-hybridized carbons (Fsp3) is 0.846. The molecule has 2 N–H and O–H groups in total. The van der Waals surface area contributed by atoms with Crippen LogP contribution in [0.2, 0.25) is 0 Å². The number of aliphatic carboxylic acids is 1. The molecule has 2 saturated heterocycles. The van der Waals surface area contributed by atoms with Crippen molar-refractivity contribution in [3.63, 3.8) is 0 Å². The minimum Gasteiger partial charge on any atom is -0.481 e. The van der Waals surface area contributed by atoms with Crippen molar-refractivity contribution in [1.29, 1.82) is 0 Å². The van der Waals surface area contributed by atoms with Crippen molar-refractivity contribution in [1.82, 2.24) is 15.1 Å². The highest BCUT2D eigenvalue weighted by Gasteiger charge is 2.41. The Balaban J connectivity index is 1.92. The number of nitrogens with zero attached hydrogens (tertiary/aromatic N) is 2. The van der Waals surface area contributed by atoms with Crippen molar-refractivity contribution in [2.45, 2.75) is 26.2 Å². The fourth-order valence-electron chi connectivity index (χ4n) is 2.90. The van der Waals surface area contributed by atoms with Crippen molar-refractivity contribution < 1.29 is 14.7 Å². The molecule has 2 rings (SSSR count). The van der Waals surface area contributed by atoms with Crippen molar-refractivity contribution in [2.75, 3.05) is 39.3 Å². The first-order chi connectivity index (χ1) is 9.09. The van der Waals surface area contributed by atoms with Crippen molar-refractivity contribution in [3.8, 4) is 0 Å². The lowest BCUT2D eigenvalue weighted by Gasteiger charge is -2.41. The van der Waals surface area contributed by atoms with E-state index < -0.39 is 11.4 Å². The van der Waals surface area contributed by atoms with E-state index in [0.29, 0.717) is 32.4 Å². The lowest BCUT2D eigenvalue weighted by Crippen LogP contribution is -2.54. The van der Waals surface area contributed by atoms with Gasteiger partial charge in [-0.2, -0.15) is 0 Å². The van der Waals surface area contributed by atoms with Gasteiger partial charge in [0.05, 0.1) is 5.41 Å². The predicted molar refractivity (Wildman–Crippen MR) is 71.0 cm³/mol. The highest BCUT2D eigenvalue weighted by molar-refractivity contribution is 5.77. The number of rotatable bonds is 2. The molecule has 2 fully saturated rings. The van der Waals surface area contributed by atoms with Gasteiger partial charge in [0.2, 0.25) is 0 Å². The Morgan fingerprint density at radius 2 is 1.63 bits per heavy atom. The van der Waals surface area contributed by atoms with Gasteiger partial charge in [0, 0.05) is 39.3 Å². The fourth-order valence-corrected chi connectivity index (χ4v) is 2.90. The second kappa shape index (κ2) is 5.77. The largest absolute Gasteiger partial charge is 0.481 e. The summed E-state index contributed by atoms with van der Waals surface area (Å²) in [5.74, 6) is -0.718. The maximum absolute atomic E-state index is 12.3. The molecule has 2 aliphatic rings. The number of hydrogen-bond donors (Lipinski definition) is 2. The number of carbonyl (C=O) groups excluding carboxylic acids is 1. The topological polar surface area (TPSA) is 72.9 Å². The molecular weight excluding hydrogens is 246 g/mol. The molecule has 0 aliphatic carbocycles. The van der Waals surface area contributed by atoms with Crippen molar-refractivity contribution in [2.24, 2.45) is 5.41 Å². The zero-order valence-electron chi connectivity index (χ0n) is 11.5. The first kappa shape index (κ1) is 14.1. The number of hydrogen-bond acceptors (Lipinski definition) is 3. The molecule has 19 heavy (non-hydrogen) atoms. The Bertz CT molecular complexity index is 345. The van der Waals surface area contributed by atoms with Crippen LogP contribution in [0, 0.1) is 5.41 Å². The van der Waals surface area contributed by atoms with Gasteiger partial charge in [0.25, 0.3) is 0 Å². The summed E-state index contributed by atoms with van der Waals surface area (Å²) < 4.78 is 0. The Morgan fingerprint density at radius 3 is 2.11 bits per heavy atom. The second-order valence-electron chi connectivity index (χ2n) is 5.45. The number of carboxylic acid groups (broad SMARTS) is 1. The number of carboxylic acids is 1. The Labute approximate surface area is 113 Å². The lowest BCUT2D eigenvalue weighted by atomic mass is 9.76. The lowest BCUT2D eigenvalue weighted by molar-refractivity contribution is -0.152. The van der Waals surface area contributed by atoms with E-state index in [1.807, 2.05) is 16.7 Å². The molecule has 0 spiro atoms. The monoisotopic (exact) mass is 269 g/mol. The number of piperazine rings is 1. The summed E-state index contributed by atoms with van der Waals surface area (Å²) in [7, 11) is 0. The van der Waals surface area contributed by atoms with E-state index in [1.54, 1.807) is 0 Å².